The number of aromatic nitrogens is 2. The minimum Gasteiger partial charge on any atom is -0.334 e. The molecule has 1 N–H and O–H groups in total. The zero-order chi connectivity index (χ0) is 15.5. The lowest BCUT2D eigenvalue weighted by atomic mass is 9.71. The molecule has 1 unspecified atom stereocenters. The molecule has 1 atom stereocenters. The van der Waals surface area contributed by atoms with Crippen LogP contribution in [0.25, 0.3) is 0 Å². The van der Waals surface area contributed by atoms with Gasteiger partial charge in [-0.1, -0.05) is 13.8 Å². The molecule has 0 bridgehead atoms. The molecule has 1 aromatic rings. The zero-order valence-electron chi connectivity index (χ0n) is 14.4. The third-order valence-corrected chi connectivity index (χ3v) is 5.33. The van der Waals surface area contributed by atoms with Gasteiger partial charge in [0.1, 0.15) is 5.82 Å². The fourth-order valence-corrected chi connectivity index (χ4v) is 3.91. The largest absolute Gasteiger partial charge is 0.334 e. The van der Waals surface area contributed by atoms with Crippen molar-refractivity contribution in [3.8, 4) is 0 Å². The summed E-state index contributed by atoms with van der Waals surface area (Å²) in [5.41, 5.74) is 0.179. The fourth-order valence-electron chi connectivity index (χ4n) is 3.91. The molecule has 0 spiro atoms. The molecule has 0 saturated heterocycles. The second kappa shape index (κ2) is 6.93. The number of hydrogen-bond donors (Lipinski definition) is 1. The smallest absolute Gasteiger partial charge is 0.127 e. The second-order valence-electron chi connectivity index (χ2n) is 6.88. The maximum absolute atomic E-state index is 4.70. The molecule has 1 aliphatic carbocycles. The number of hydrogen-bond acceptors (Lipinski definition) is 3. The minimum absolute atomic E-state index is 0.179. The molecular formula is C17H32N4. The summed E-state index contributed by atoms with van der Waals surface area (Å²) in [7, 11) is 6.54. The van der Waals surface area contributed by atoms with Gasteiger partial charge >= 0.3 is 0 Å². The molecule has 1 saturated carbocycles. The Hall–Kier alpha value is -0.870. The molecule has 120 valence electrons. The van der Waals surface area contributed by atoms with Crippen molar-refractivity contribution in [2.24, 2.45) is 5.92 Å². The molecule has 1 aromatic heterocycles. The van der Waals surface area contributed by atoms with Crippen molar-refractivity contribution in [2.75, 3.05) is 21.1 Å². The van der Waals surface area contributed by atoms with Crippen LogP contribution in [0, 0.1) is 5.92 Å². The Morgan fingerprint density at radius 3 is 2.62 bits per heavy atom. The Labute approximate surface area is 129 Å². The summed E-state index contributed by atoms with van der Waals surface area (Å²) in [6.07, 6.45) is 10.3. The summed E-state index contributed by atoms with van der Waals surface area (Å²) in [6.45, 7) is 5.65. The van der Waals surface area contributed by atoms with Gasteiger partial charge in [0.15, 0.2) is 0 Å². The molecule has 0 aromatic carbocycles. The van der Waals surface area contributed by atoms with Crippen LogP contribution in [-0.2, 0) is 6.54 Å². The Balaban J connectivity index is 2.34. The van der Waals surface area contributed by atoms with Crippen molar-refractivity contribution in [1.82, 2.24) is 19.8 Å². The number of imidazole rings is 1. The van der Waals surface area contributed by atoms with Gasteiger partial charge in [0, 0.05) is 24.5 Å². The average molecular weight is 292 g/mol. The van der Waals surface area contributed by atoms with Crippen LogP contribution in [-0.4, -0.2) is 41.1 Å². The van der Waals surface area contributed by atoms with E-state index in [0.29, 0.717) is 6.04 Å². The topological polar surface area (TPSA) is 33.1 Å². The van der Waals surface area contributed by atoms with Gasteiger partial charge in [-0.2, -0.15) is 0 Å². The van der Waals surface area contributed by atoms with Gasteiger partial charge in [-0.25, -0.2) is 4.98 Å². The summed E-state index contributed by atoms with van der Waals surface area (Å²) < 4.78 is 2.32. The quantitative estimate of drug-likeness (QED) is 0.875. The molecule has 21 heavy (non-hydrogen) atoms. The first-order chi connectivity index (χ1) is 10.0. The van der Waals surface area contributed by atoms with Crippen LogP contribution in [0.3, 0.4) is 0 Å². The minimum atomic E-state index is 0.179. The van der Waals surface area contributed by atoms with E-state index in [1.807, 2.05) is 6.20 Å². The van der Waals surface area contributed by atoms with Crippen molar-refractivity contribution in [2.45, 2.75) is 64.1 Å². The summed E-state index contributed by atoms with van der Waals surface area (Å²) in [4.78, 5) is 7.14. The van der Waals surface area contributed by atoms with Crippen LogP contribution >= 0.6 is 0 Å². The Kier molecular flexibility index (Phi) is 5.44. The first-order valence-corrected chi connectivity index (χ1v) is 8.41. The van der Waals surface area contributed by atoms with Crippen LogP contribution in [0.5, 0.6) is 0 Å². The number of aryl methyl sites for hydroxylation is 1. The van der Waals surface area contributed by atoms with Crippen LogP contribution in [0.1, 0.15) is 57.8 Å². The Morgan fingerprint density at radius 2 is 2.10 bits per heavy atom. The van der Waals surface area contributed by atoms with Gasteiger partial charge in [0.25, 0.3) is 0 Å². The first kappa shape index (κ1) is 16.5. The van der Waals surface area contributed by atoms with E-state index < -0.39 is 0 Å². The molecule has 2 rings (SSSR count). The van der Waals surface area contributed by atoms with Crippen LogP contribution in [0.15, 0.2) is 12.4 Å². The standard InChI is InChI=1S/C17H32N4/c1-6-12-21-13-11-19-16(21)15(18-3)17(20(4)5)9-7-14(2)8-10-17/h11,13-15,18H,6-10,12H2,1-5H3. The predicted molar refractivity (Wildman–Crippen MR) is 88.4 cm³/mol. The van der Waals surface area contributed by atoms with E-state index in [0.717, 1.165) is 18.9 Å². The normalized spacial score (nSPS) is 28.0. The fraction of sp³-hybridized carbons (Fsp3) is 0.824. The first-order valence-electron chi connectivity index (χ1n) is 8.41. The van der Waals surface area contributed by atoms with Gasteiger partial charge in [-0.05, 0) is 59.2 Å². The van der Waals surface area contributed by atoms with Crippen molar-refractivity contribution < 1.29 is 0 Å². The van der Waals surface area contributed by atoms with E-state index in [-0.39, 0.29) is 5.54 Å². The SMILES string of the molecule is CCCn1ccnc1C(NC)C1(N(C)C)CCC(C)CC1. The van der Waals surface area contributed by atoms with Gasteiger partial charge in [0.05, 0.1) is 6.04 Å². The zero-order valence-corrected chi connectivity index (χ0v) is 14.4. The van der Waals surface area contributed by atoms with E-state index in [1.54, 1.807) is 0 Å². The monoisotopic (exact) mass is 292 g/mol. The summed E-state index contributed by atoms with van der Waals surface area (Å²) in [5.74, 6) is 2.05. The highest BCUT2D eigenvalue weighted by atomic mass is 15.2. The molecule has 0 amide bonds. The third-order valence-electron chi connectivity index (χ3n) is 5.33. The predicted octanol–water partition coefficient (Wildman–Crippen LogP) is 3.06. The molecule has 1 aliphatic rings. The molecule has 1 fully saturated rings. The summed E-state index contributed by atoms with van der Waals surface area (Å²) >= 11 is 0. The van der Waals surface area contributed by atoms with Crippen LogP contribution in [0.2, 0.25) is 0 Å². The maximum Gasteiger partial charge on any atom is 0.127 e. The second-order valence-corrected chi connectivity index (χ2v) is 6.88. The third kappa shape index (κ3) is 3.16. The van der Waals surface area contributed by atoms with Crippen molar-refractivity contribution in [1.29, 1.82) is 0 Å². The maximum atomic E-state index is 4.70. The highest BCUT2D eigenvalue weighted by Gasteiger charge is 2.44. The van der Waals surface area contributed by atoms with Crippen molar-refractivity contribution in [3.05, 3.63) is 18.2 Å². The Morgan fingerprint density at radius 1 is 1.43 bits per heavy atom. The highest BCUT2D eigenvalue weighted by Crippen LogP contribution is 2.43. The lowest BCUT2D eigenvalue weighted by molar-refractivity contribution is 0.0413. The van der Waals surface area contributed by atoms with E-state index in [4.69, 9.17) is 4.98 Å². The van der Waals surface area contributed by atoms with Gasteiger partial charge < -0.3 is 14.8 Å². The van der Waals surface area contributed by atoms with Crippen LogP contribution in [0.4, 0.5) is 0 Å². The van der Waals surface area contributed by atoms with E-state index >= 15 is 0 Å². The lowest BCUT2D eigenvalue weighted by Crippen LogP contribution is -2.55. The van der Waals surface area contributed by atoms with Gasteiger partial charge in [-0.3, -0.25) is 0 Å². The van der Waals surface area contributed by atoms with Crippen molar-refractivity contribution >= 4 is 0 Å². The molecule has 4 nitrogen and oxygen atoms in total. The number of likely N-dealkylation sites (N-methyl/N-ethyl adjacent to an activating group) is 2. The van der Waals surface area contributed by atoms with Gasteiger partial charge in [-0.15, -0.1) is 0 Å². The molecule has 4 heteroatoms. The number of rotatable bonds is 6. The lowest BCUT2D eigenvalue weighted by Gasteiger charge is -2.49. The molecule has 1 heterocycles. The number of nitrogens with one attached hydrogen (secondary N) is 1. The number of nitrogens with zero attached hydrogens (tertiary/aromatic N) is 3. The average Bonchev–Trinajstić information content (AvgIpc) is 2.90. The summed E-state index contributed by atoms with van der Waals surface area (Å²) in [5, 5.41) is 3.58. The molecular weight excluding hydrogens is 260 g/mol. The van der Waals surface area contributed by atoms with Crippen LogP contribution < -0.4 is 5.32 Å². The van der Waals surface area contributed by atoms with E-state index in [1.165, 1.54) is 31.5 Å². The summed E-state index contributed by atoms with van der Waals surface area (Å²) in [6, 6.07) is 0.293. The molecule has 0 radical (unpaired) electrons. The van der Waals surface area contributed by atoms with Crippen molar-refractivity contribution in [3.63, 3.8) is 0 Å². The highest BCUT2D eigenvalue weighted by molar-refractivity contribution is 5.12. The van der Waals surface area contributed by atoms with E-state index in [9.17, 15) is 0 Å². The van der Waals surface area contributed by atoms with E-state index in [2.05, 4.69) is 56.0 Å². The molecule has 0 aliphatic heterocycles. The van der Waals surface area contributed by atoms with Gasteiger partial charge in [0.2, 0.25) is 0 Å². The Bertz CT molecular complexity index is 430.